The minimum Gasteiger partial charge on any atom is -0.481 e. The molecule has 96 valence electrons. The third-order valence-electron chi connectivity index (χ3n) is 2.97. The second-order valence-corrected chi connectivity index (χ2v) is 4.43. The summed E-state index contributed by atoms with van der Waals surface area (Å²) in [6, 6.07) is 0.161. The van der Waals surface area contributed by atoms with E-state index in [2.05, 4.69) is 10.6 Å². The predicted molar refractivity (Wildman–Crippen MR) is 64.6 cm³/mol. The molecule has 0 heterocycles. The molecule has 1 aliphatic carbocycles. The van der Waals surface area contributed by atoms with E-state index in [9.17, 15) is 9.59 Å². The molecule has 1 aliphatic rings. The standard InChI is InChI=1S/C12H20N2O3/c1-3-8(2)13-7-11(15)14-10-5-4-9(6-10)12(16)17/h4-5,8-10,13H,3,6-7H2,1-2H3,(H,14,15)(H,16,17). The molecule has 5 nitrogen and oxygen atoms in total. The van der Waals surface area contributed by atoms with Crippen molar-refractivity contribution in [3.05, 3.63) is 12.2 Å². The molecule has 0 aliphatic heterocycles. The number of carbonyl (C=O) groups is 2. The maximum absolute atomic E-state index is 11.5. The third-order valence-corrected chi connectivity index (χ3v) is 2.97. The van der Waals surface area contributed by atoms with Crippen LogP contribution in [0.1, 0.15) is 26.7 Å². The second-order valence-electron chi connectivity index (χ2n) is 4.43. The van der Waals surface area contributed by atoms with Crippen LogP contribution in [0, 0.1) is 5.92 Å². The molecule has 3 unspecified atom stereocenters. The van der Waals surface area contributed by atoms with Crippen LogP contribution in [-0.2, 0) is 9.59 Å². The lowest BCUT2D eigenvalue weighted by atomic mass is 10.1. The van der Waals surface area contributed by atoms with E-state index in [0.717, 1.165) is 6.42 Å². The lowest BCUT2D eigenvalue weighted by Crippen LogP contribution is -2.41. The van der Waals surface area contributed by atoms with Crippen LogP contribution < -0.4 is 10.6 Å². The number of carboxylic acids is 1. The van der Waals surface area contributed by atoms with E-state index in [4.69, 9.17) is 5.11 Å². The predicted octanol–water partition coefficient (Wildman–Crippen LogP) is 0.520. The highest BCUT2D eigenvalue weighted by atomic mass is 16.4. The molecule has 1 amide bonds. The first-order chi connectivity index (χ1) is 8.02. The van der Waals surface area contributed by atoms with Crippen LogP contribution in [0.5, 0.6) is 0 Å². The van der Waals surface area contributed by atoms with E-state index >= 15 is 0 Å². The van der Waals surface area contributed by atoms with Crippen molar-refractivity contribution in [1.82, 2.24) is 10.6 Å². The van der Waals surface area contributed by atoms with Crippen molar-refractivity contribution < 1.29 is 14.7 Å². The summed E-state index contributed by atoms with van der Waals surface area (Å²) in [4.78, 5) is 22.3. The molecule has 0 aromatic heterocycles. The van der Waals surface area contributed by atoms with Gasteiger partial charge in [0.25, 0.3) is 0 Å². The molecule has 0 bridgehead atoms. The molecule has 0 aromatic carbocycles. The Bertz CT molecular complexity index is 315. The maximum atomic E-state index is 11.5. The molecule has 0 fully saturated rings. The van der Waals surface area contributed by atoms with Crippen LogP contribution >= 0.6 is 0 Å². The Kier molecular flexibility index (Phi) is 5.15. The molecular formula is C12H20N2O3. The van der Waals surface area contributed by atoms with Gasteiger partial charge in [0, 0.05) is 12.1 Å². The van der Waals surface area contributed by atoms with Gasteiger partial charge in [-0.3, -0.25) is 9.59 Å². The number of carboxylic acid groups (broad SMARTS) is 1. The Hall–Kier alpha value is -1.36. The van der Waals surface area contributed by atoms with Gasteiger partial charge in [0.2, 0.25) is 5.91 Å². The summed E-state index contributed by atoms with van der Waals surface area (Å²) in [6.45, 7) is 4.34. The van der Waals surface area contributed by atoms with Gasteiger partial charge in [-0.1, -0.05) is 19.1 Å². The molecule has 3 N–H and O–H groups in total. The topological polar surface area (TPSA) is 78.4 Å². The minimum atomic E-state index is -0.837. The molecule has 0 saturated heterocycles. The molecule has 1 rings (SSSR count). The number of carbonyl (C=O) groups excluding carboxylic acids is 1. The zero-order valence-corrected chi connectivity index (χ0v) is 10.3. The van der Waals surface area contributed by atoms with Gasteiger partial charge < -0.3 is 15.7 Å². The maximum Gasteiger partial charge on any atom is 0.310 e. The summed E-state index contributed by atoms with van der Waals surface area (Å²) in [7, 11) is 0. The van der Waals surface area contributed by atoms with Crippen molar-refractivity contribution in [2.45, 2.75) is 38.8 Å². The number of nitrogens with one attached hydrogen (secondary N) is 2. The van der Waals surface area contributed by atoms with Gasteiger partial charge in [0.15, 0.2) is 0 Å². The molecule has 3 atom stereocenters. The number of rotatable bonds is 6. The average molecular weight is 240 g/mol. The van der Waals surface area contributed by atoms with Gasteiger partial charge in [-0.2, -0.15) is 0 Å². The Morgan fingerprint density at radius 2 is 2.18 bits per heavy atom. The number of hydrogen-bond donors (Lipinski definition) is 3. The van der Waals surface area contributed by atoms with Crippen molar-refractivity contribution in [2.24, 2.45) is 5.92 Å². The summed E-state index contributed by atoms with van der Waals surface area (Å²) >= 11 is 0. The number of amides is 1. The average Bonchev–Trinajstić information content (AvgIpc) is 2.74. The lowest BCUT2D eigenvalue weighted by Gasteiger charge is -2.14. The molecule has 0 aromatic rings. The van der Waals surface area contributed by atoms with Gasteiger partial charge in [-0.15, -0.1) is 0 Å². The molecule has 17 heavy (non-hydrogen) atoms. The van der Waals surface area contributed by atoms with E-state index in [-0.39, 0.29) is 18.5 Å². The van der Waals surface area contributed by atoms with Crippen LogP contribution in [0.3, 0.4) is 0 Å². The first kappa shape index (κ1) is 13.7. The second kappa shape index (κ2) is 6.39. The summed E-state index contributed by atoms with van der Waals surface area (Å²) in [5.41, 5.74) is 0. The third kappa shape index (κ3) is 4.56. The van der Waals surface area contributed by atoms with Crippen molar-refractivity contribution in [3.63, 3.8) is 0 Å². The van der Waals surface area contributed by atoms with Crippen LogP contribution in [0.4, 0.5) is 0 Å². The van der Waals surface area contributed by atoms with Gasteiger partial charge in [-0.25, -0.2) is 0 Å². The fraction of sp³-hybridized carbons (Fsp3) is 0.667. The van der Waals surface area contributed by atoms with Gasteiger partial charge in [0.1, 0.15) is 0 Å². The fourth-order valence-corrected chi connectivity index (χ4v) is 1.66. The smallest absolute Gasteiger partial charge is 0.310 e. The first-order valence-electron chi connectivity index (χ1n) is 5.96. The Morgan fingerprint density at radius 1 is 1.47 bits per heavy atom. The van der Waals surface area contributed by atoms with Crippen LogP contribution in [0.2, 0.25) is 0 Å². The van der Waals surface area contributed by atoms with E-state index in [1.54, 1.807) is 12.2 Å². The van der Waals surface area contributed by atoms with Gasteiger partial charge in [-0.05, 0) is 19.8 Å². The van der Waals surface area contributed by atoms with Crippen molar-refractivity contribution in [3.8, 4) is 0 Å². The summed E-state index contributed by atoms with van der Waals surface area (Å²) in [5.74, 6) is -1.40. The zero-order valence-electron chi connectivity index (χ0n) is 10.3. The highest BCUT2D eigenvalue weighted by molar-refractivity contribution is 5.79. The molecule has 0 saturated carbocycles. The quantitative estimate of drug-likeness (QED) is 0.591. The summed E-state index contributed by atoms with van der Waals surface area (Å²) in [5, 5.41) is 14.7. The van der Waals surface area contributed by atoms with Crippen molar-refractivity contribution >= 4 is 11.9 Å². The molecule has 5 heteroatoms. The van der Waals surface area contributed by atoms with Crippen LogP contribution in [0.15, 0.2) is 12.2 Å². The van der Waals surface area contributed by atoms with E-state index in [1.165, 1.54) is 0 Å². The molecule has 0 spiro atoms. The SMILES string of the molecule is CCC(C)NCC(=O)NC1C=CC(C(=O)O)C1. The highest BCUT2D eigenvalue weighted by Gasteiger charge is 2.25. The Morgan fingerprint density at radius 3 is 2.71 bits per heavy atom. The van der Waals surface area contributed by atoms with Crippen LogP contribution in [0.25, 0.3) is 0 Å². The minimum absolute atomic E-state index is 0.0917. The highest BCUT2D eigenvalue weighted by Crippen LogP contribution is 2.17. The number of hydrogen-bond acceptors (Lipinski definition) is 3. The van der Waals surface area contributed by atoms with Crippen molar-refractivity contribution in [1.29, 1.82) is 0 Å². The molecular weight excluding hydrogens is 220 g/mol. The van der Waals surface area contributed by atoms with Crippen molar-refractivity contribution in [2.75, 3.05) is 6.54 Å². The van der Waals surface area contributed by atoms with Crippen LogP contribution in [-0.4, -0.2) is 35.6 Å². The zero-order chi connectivity index (χ0) is 12.8. The largest absolute Gasteiger partial charge is 0.481 e. The Balaban J connectivity index is 2.25. The lowest BCUT2D eigenvalue weighted by molar-refractivity contribution is -0.140. The van der Waals surface area contributed by atoms with E-state index in [1.807, 2.05) is 13.8 Å². The summed E-state index contributed by atoms with van der Waals surface area (Å²) < 4.78 is 0. The van der Waals surface area contributed by atoms with E-state index < -0.39 is 11.9 Å². The Labute approximate surface area is 101 Å². The monoisotopic (exact) mass is 240 g/mol. The number of aliphatic carboxylic acids is 1. The van der Waals surface area contributed by atoms with Gasteiger partial charge in [0.05, 0.1) is 12.5 Å². The molecule has 0 radical (unpaired) electrons. The first-order valence-corrected chi connectivity index (χ1v) is 5.96. The fourth-order valence-electron chi connectivity index (χ4n) is 1.66. The summed E-state index contributed by atoms with van der Waals surface area (Å²) in [6.07, 6.45) is 4.80. The van der Waals surface area contributed by atoms with Gasteiger partial charge >= 0.3 is 5.97 Å². The van der Waals surface area contributed by atoms with E-state index in [0.29, 0.717) is 12.5 Å². The normalized spacial score (nSPS) is 24.6.